The van der Waals surface area contributed by atoms with Crippen LogP contribution in [0.25, 0.3) is 11.0 Å². The van der Waals surface area contributed by atoms with E-state index in [0.717, 1.165) is 11.1 Å². The molecule has 1 atom stereocenters. The predicted molar refractivity (Wildman–Crippen MR) is 78.2 cm³/mol. The summed E-state index contributed by atoms with van der Waals surface area (Å²) in [5, 5.41) is 3.79. The molecule has 0 radical (unpaired) electrons. The summed E-state index contributed by atoms with van der Waals surface area (Å²) in [6.45, 7) is 1.91. The standard InChI is InChI=1S/C17H15F2NO/c1-10-6-7-12(18)9-13(10)16(20-2)15-8-11-4-3-5-14(19)17(11)21-15/h3-9,16,20H,1-2H3. The van der Waals surface area contributed by atoms with Gasteiger partial charge in [0.05, 0.1) is 6.04 Å². The van der Waals surface area contributed by atoms with E-state index < -0.39 is 5.82 Å². The molecule has 0 fully saturated rings. The molecule has 0 aliphatic heterocycles. The predicted octanol–water partition coefficient (Wildman–Crippen LogP) is 4.33. The molecule has 0 spiro atoms. The summed E-state index contributed by atoms with van der Waals surface area (Å²) < 4.78 is 32.9. The van der Waals surface area contributed by atoms with Crippen LogP contribution in [-0.4, -0.2) is 7.05 Å². The molecule has 2 aromatic carbocycles. The minimum atomic E-state index is -0.399. The SMILES string of the molecule is CNC(c1cc2cccc(F)c2o1)c1cc(F)ccc1C. The van der Waals surface area contributed by atoms with Crippen LogP contribution in [0.5, 0.6) is 0 Å². The van der Waals surface area contributed by atoms with Gasteiger partial charge in [-0.15, -0.1) is 0 Å². The number of rotatable bonds is 3. The van der Waals surface area contributed by atoms with Crippen molar-refractivity contribution in [2.24, 2.45) is 0 Å². The third-order valence-corrected chi connectivity index (χ3v) is 3.64. The fourth-order valence-corrected chi connectivity index (χ4v) is 2.56. The molecule has 1 N–H and O–H groups in total. The van der Waals surface area contributed by atoms with Crippen molar-refractivity contribution >= 4 is 11.0 Å². The molecular formula is C17H15F2NO. The lowest BCUT2D eigenvalue weighted by Crippen LogP contribution is -2.18. The van der Waals surface area contributed by atoms with Gasteiger partial charge in [0.15, 0.2) is 11.4 Å². The first kappa shape index (κ1) is 13.8. The summed E-state index contributed by atoms with van der Waals surface area (Å²) >= 11 is 0. The fraction of sp³-hybridized carbons (Fsp3) is 0.176. The Morgan fingerprint density at radius 3 is 2.62 bits per heavy atom. The van der Waals surface area contributed by atoms with Crippen molar-refractivity contribution in [1.82, 2.24) is 5.32 Å². The first-order valence-corrected chi connectivity index (χ1v) is 6.71. The van der Waals surface area contributed by atoms with Crippen molar-refractivity contribution in [3.05, 3.63) is 71.0 Å². The van der Waals surface area contributed by atoms with Crippen LogP contribution >= 0.6 is 0 Å². The number of hydrogen-bond acceptors (Lipinski definition) is 2. The molecule has 1 heterocycles. The molecule has 0 aliphatic carbocycles. The Hall–Kier alpha value is -2.20. The molecule has 2 nitrogen and oxygen atoms in total. The van der Waals surface area contributed by atoms with Gasteiger partial charge < -0.3 is 9.73 Å². The zero-order chi connectivity index (χ0) is 15.0. The summed E-state index contributed by atoms with van der Waals surface area (Å²) in [6.07, 6.45) is 0. The molecule has 3 aromatic rings. The molecule has 108 valence electrons. The largest absolute Gasteiger partial charge is 0.456 e. The van der Waals surface area contributed by atoms with E-state index in [9.17, 15) is 8.78 Å². The maximum Gasteiger partial charge on any atom is 0.169 e. The number of furan rings is 1. The highest BCUT2D eigenvalue weighted by Gasteiger charge is 2.20. The van der Waals surface area contributed by atoms with Gasteiger partial charge >= 0.3 is 0 Å². The van der Waals surface area contributed by atoms with Crippen LogP contribution in [0, 0.1) is 18.6 Å². The van der Waals surface area contributed by atoms with Crippen LogP contribution in [0.2, 0.25) is 0 Å². The lowest BCUT2D eigenvalue weighted by molar-refractivity contribution is 0.474. The van der Waals surface area contributed by atoms with Crippen LogP contribution in [0.3, 0.4) is 0 Å². The molecule has 1 aromatic heterocycles. The molecule has 0 amide bonds. The molecule has 1 unspecified atom stereocenters. The van der Waals surface area contributed by atoms with E-state index in [1.54, 1.807) is 31.3 Å². The topological polar surface area (TPSA) is 25.2 Å². The van der Waals surface area contributed by atoms with E-state index in [-0.39, 0.29) is 17.4 Å². The Balaban J connectivity index is 2.13. The van der Waals surface area contributed by atoms with Crippen LogP contribution in [0.4, 0.5) is 8.78 Å². The van der Waals surface area contributed by atoms with Crippen molar-refractivity contribution < 1.29 is 13.2 Å². The summed E-state index contributed by atoms with van der Waals surface area (Å²) in [7, 11) is 1.76. The second-order valence-electron chi connectivity index (χ2n) is 5.03. The lowest BCUT2D eigenvalue weighted by Gasteiger charge is -2.16. The van der Waals surface area contributed by atoms with Gasteiger partial charge in [-0.2, -0.15) is 0 Å². The average Bonchev–Trinajstić information content (AvgIpc) is 2.89. The maximum absolute atomic E-state index is 13.7. The van der Waals surface area contributed by atoms with Gasteiger partial charge in [0.25, 0.3) is 0 Å². The van der Waals surface area contributed by atoms with E-state index in [0.29, 0.717) is 11.1 Å². The number of aryl methyl sites for hydroxylation is 1. The highest BCUT2D eigenvalue weighted by atomic mass is 19.1. The van der Waals surface area contributed by atoms with Crippen molar-refractivity contribution in [3.8, 4) is 0 Å². The molecule has 0 aliphatic rings. The number of para-hydroxylation sites is 1. The lowest BCUT2D eigenvalue weighted by atomic mass is 9.99. The second-order valence-corrected chi connectivity index (χ2v) is 5.03. The van der Waals surface area contributed by atoms with Crippen LogP contribution in [0.15, 0.2) is 46.9 Å². The highest BCUT2D eigenvalue weighted by molar-refractivity contribution is 5.78. The van der Waals surface area contributed by atoms with Gasteiger partial charge in [0, 0.05) is 5.39 Å². The minimum Gasteiger partial charge on any atom is -0.456 e. The van der Waals surface area contributed by atoms with Crippen LogP contribution in [-0.2, 0) is 0 Å². The van der Waals surface area contributed by atoms with E-state index in [4.69, 9.17) is 4.42 Å². The van der Waals surface area contributed by atoms with Crippen molar-refractivity contribution in [2.75, 3.05) is 7.05 Å². The fourth-order valence-electron chi connectivity index (χ4n) is 2.56. The number of benzene rings is 2. The molecule has 0 bridgehead atoms. The molecular weight excluding hydrogens is 272 g/mol. The van der Waals surface area contributed by atoms with E-state index in [2.05, 4.69) is 5.32 Å². The van der Waals surface area contributed by atoms with Gasteiger partial charge in [-0.1, -0.05) is 18.2 Å². The molecule has 0 saturated carbocycles. The number of fused-ring (bicyclic) bond motifs is 1. The van der Waals surface area contributed by atoms with Crippen molar-refractivity contribution in [3.63, 3.8) is 0 Å². The van der Waals surface area contributed by atoms with Crippen molar-refractivity contribution in [2.45, 2.75) is 13.0 Å². The summed E-state index contributed by atoms with van der Waals surface area (Å²) in [5.74, 6) is -0.144. The van der Waals surface area contributed by atoms with Crippen molar-refractivity contribution in [1.29, 1.82) is 0 Å². The Bertz CT molecular complexity index is 795. The number of hydrogen-bond donors (Lipinski definition) is 1. The van der Waals surface area contributed by atoms with Crippen LogP contribution < -0.4 is 5.32 Å². The first-order chi connectivity index (χ1) is 10.1. The zero-order valence-electron chi connectivity index (χ0n) is 11.8. The normalized spacial score (nSPS) is 12.8. The molecule has 0 saturated heterocycles. The Morgan fingerprint density at radius 1 is 1.10 bits per heavy atom. The monoisotopic (exact) mass is 287 g/mol. The van der Waals surface area contributed by atoms with Gasteiger partial charge in [-0.3, -0.25) is 0 Å². The number of halogens is 2. The Kier molecular flexibility index (Phi) is 3.47. The number of nitrogens with one attached hydrogen (secondary N) is 1. The summed E-state index contributed by atoms with van der Waals surface area (Å²) in [4.78, 5) is 0. The van der Waals surface area contributed by atoms with Gasteiger partial charge in [0.1, 0.15) is 11.6 Å². The smallest absolute Gasteiger partial charge is 0.169 e. The first-order valence-electron chi connectivity index (χ1n) is 6.71. The third kappa shape index (κ3) is 2.43. The van der Waals surface area contributed by atoms with E-state index >= 15 is 0 Å². The average molecular weight is 287 g/mol. The third-order valence-electron chi connectivity index (χ3n) is 3.64. The van der Waals surface area contributed by atoms with E-state index in [1.165, 1.54) is 18.2 Å². The van der Waals surface area contributed by atoms with Crippen LogP contribution in [0.1, 0.15) is 22.9 Å². The zero-order valence-corrected chi connectivity index (χ0v) is 11.8. The Morgan fingerprint density at radius 2 is 1.90 bits per heavy atom. The second kappa shape index (κ2) is 5.30. The summed E-state index contributed by atoms with van der Waals surface area (Å²) in [5.41, 5.74) is 1.94. The van der Waals surface area contributed by atoms with Gasteiger partial charge in [-0.25, -0.2) is 8.78 Å². The van der Waals surface area contributed by atoms with E-state index in [1.807, 2.05) is 6.92 Å². The quantitative estimate of drug-likeness (QED) is 0.775. The highest BCUT2D eigenvalue weighted by Crippen LogP contribution is 2.31. The molecule has 4 heteroatoms. The maximum atomic E-state index is 13.7. The molecule has 21 heavy (non-hydrogen) atoms. The van der Waals surface area contributed by atoms with Gasteiger partial charge in [0.2, 0.25) is 0 Å². The molecule has 3 rings (SSSR count). The minimum absolute atomic E-state index is 0.224. The van der Waals surface area contributed by atoms with Gasteiger partial charge in [-0.05, 0) is 49.4 Å². The Labute approximate surface area is 121 Å². The summed E-state index contributed by atoms with van der Waals surface area (Å²) in [6, 6.07) is 10.9.